The molecular weight excluding hydrogens is 430 g/mol. The number of hydrogen-bond donors (Lipinski definition) is 1. The highest BCUT2D eigenvalue weighted by atomic mass is 32.2. The van der Waals surface area contributed by atoms with Gasteiger partial charge in [-0.1, -0.05) is 42.5 Å². The summed E-state index contributed by atoms with van der Waals surface area (Å²) < 4.78 is 32.0. The molecule has 0 bridgehead atoms. The Balaban J connectivity index is 1.41. The highest BCUT2D eigenvalue weighted by Crippen LogP contribution is 2.21. The number of sulfonamides is 1. The minimum atomic E-state index is -3.47. The third-order valence-electron chi connectivity index (χ3n) is 5.26. The molecule has 1 saturated heterocycles. The number of nitrogens with zero attached hydrogens (tertiary/aromatic N) is 2. The Kier molecular flexibility index (Phi) is 6.38. The van der Waals surface area contributed by atoms with Crippen molar-refractivity contribution < 1.29 is 22.4 Å². The number of piperazine rings is 1. The van der Waals surface area contributed by atoms with Gasteiger partial charge in [0.15, 0.2) is 5.76 Å². The number of para-hydroxylation sites is 1. The Bertz CT molecular complexity index is 1190. The smallest absolute Gasteiger partial charge is 0.291 e. The lowest BCUT2D eigenvalue weighted by molar-refractivity contribution is 0.0699. The SMILES string of the molecule is O=C(Nc1ccccc1C(=O)N1CCN(S(=O)(=O)Cc2ccccc2)CC1)c1ccco1. The van der Waals surface area contributed by atoms with Gasteiger partial charge in [-0.05, 0) is 29.8 Å². The summed E-state index contributed by atoms with van der Waals surface area (Å²) in [5.74, 6) is -0.638. The third kappa shape index (κ3) is 4.90. The van der Waals surface area contributed by atoms with Crippen molar-refractivity contribution in [1.29, 1.82) is 0 Å². The molecule has 166 valence electrons. The molecule has 0 saturated carbocycles. The van der Waals surface area contributed by atoms with E-state index in [0.29, 0.717) is 11.3 Å². The van der Waals surface area contributed by atoms with Gasteiger partial charge in [0, 0.05) is 26.2 Å². The van der Waals surface area contributed by atoms with Gasteiger partial charge in [0.1, 0.15) is 0 Å². The van der Waals surface area contributed by atoms with Gasteiger partial charge in [-0.15, -0.1) is 0 Å². The Morgan fingerprint density at radius 1 is 0.875 bits per heavy atom. The van der Waals surface area contributed by atoms with Gasteiger partial charge in [-0.25, -0.2) is 8.42 Å². The predicted molar refractivity (Wildman–Crippen MR) is 120 cm³/mol. The second-order valence-electron chi connectivity index (χ2n) is 7.41. The number of carbonyl (C=O) groups excluding carboxylic acids is 2. The lowest BCUT2D eigenvalue weighted by Crippen LogP contribution is -2.50. The van der Waals surface area contributed by atoms with Crippen LogP contribution < -0.4 is 5.32 Å². The van der Waals surface area contributed by atoms with Crippen LogP contribution in [0.4, 0.5) is 5.69 Å². The molecule has 2 heterocycles. The first-order valence-electron chi connectivity index (χ1n) is 10.2. The van der Waals surface area contributed by atoms with Gasteiger partial charge in [-0.3, -0.25) is 9.59 Å². The van der Waals surface area contributed by atoms with Crippen LogP contribution in [0.15, 0.2) is 77.4 Å². The predicted octanol–water partition coefficient (Wildman–Crippen LogP) is 2.82. The van der Waals surface area contributed by atoms with E-state index in [4.69, 9.17) is 4.42 Å². The average Bonchev–Trinajstić information content (AvgIpc) is 3.35. The highest BCUT2D eigenvalue weighted by Gasteiger charge is 2.30. The Morgan fingerprint density at radius 3 is 2.25 bits per heavy atom. The monoisotopic (exact) mass is 453 g/mol. The van der Waals surface area contributed by atoms with E-state index < -0.39 is 15.9 Å². The maximum atomic E-state index is 13.1. The number of rotatable bonds is 6. The molecule has 4 rings (SSSR count). The summed E-state index contributed by atoms with van der Waals surface area (Å²) in [6.45, 7) is 0.990. The standard InChI is InChI=1S/C23H23N3O5S/c27-22(21-11-6-16-31-21)24-20-10-5-4-9-19(20)23(28)25-12-14-26(15-13-25)32(29,30)17-18-7-2-1-3-8-18/h1-11,16H,12-15,17H2,(H,24,27). The summed E-state index contributed by atoms with van der Waals surface area (Å²) in [4.78, 5) is 27.0. The second kappa shape index (κ2) is 9.37. The zero-order chi connectivity index (χ0) is 22.6. The van der Waals surface area contributed by atoms with Crippen molar-refractivity contribution >= 4 is 27.5 Å². The molecule has 1 aliphatic rings. The van der Waals surface area contributed by atoms with Crippen LogP contribution >= 0.6 is 0 Å². The van der Waals surface area contributed by atoms with E-state index in [1.165, 1.54) is 16.6 Å². The summed E-state index contributed by atoms with van der Waals surface area (Å²) in [6.07, 6.45) is 1.40. The molecule has 0 unspecified atom stereocenters. The molecule has 2 aromatic carbocycles. The number of benzene rings is 2. The number of hydrogen-bond acceptors (Lipinski definition) is 5. The Labute approximate surface area is 186 Å². The lowest BCUT2D eigenvalue weighted by atomic mass is 10.1. The third-order valence-corrected chi connectivity index (χ3v) is 7.11. The maximum Gasteiger partial charge on any atom is 0.291 e. The highest BCUT2D eigenvalue weighted by molar-refractivity contribution is 7.88. The Morgan fingerprint density at radius 2 is 1.56 bits per heavy atom. The molecule has 0 spiro atoms. The first kappa shape index (κ1) is 21.8. The van der Waals surface area contributed by atoms with Gasteiger partial charge < -0.3 is 14.6 Å². The summed E-state index contributed by atoms with van der Waals surface area (Å²) >= 11 is 0. The van der Waals surface area contributed by atoms with Crippen LogP contribution in [-0.4, -0.2) is 55.6 Å². The van der Waals surface area contributed by atoms with Gasteiger partial charge >= 0.3 is 0 Å². The molecule has 1 aromatic heterocycles. The largest absolute Gasteiger partial charge is 0.459 e. The van der Waals surface area contributed by atoms with Crippen LogP contribution in [0.1, 0.15) is 26.5 Å². The molecule has 0 atom stereocenters. The summed E-state index contributed by atoms with van der Waals surface area (Å²) in [6, 6.07) is 18.9. The fourth-order valence-corrected chi connectivity index (χ4v) is 5.10. The molecule has 0 aliphatic carbocycles. The van der Waals surface area contributed by atoms with Gasteiger partial charge in [0.2, 0.25) is 10.0 Å². The fourth-order valence-electron chi connectivity index (χ4n) is 3.59. The maximum absolute atomic E-state index is 13.1. The minimum absolute atomic E-state index is 0.0660. The first-order chi connectivity index (χ1) is 15.4. The van der Waals surface area contributed by atoms with Crippen LogP contribution in [0.2, 0.25) is 0 Å². The average molecular weight is 454 g/mol. The number of amides is 2. The van der Waals surface area contributed by atoms with Crippen molar-refractivity contribution in [3.63, 3.8) is 0 Å². The van der Waals surface area contributed by atoms with E-state index in [-0.39, 0.29) is 43.6 Å². The van der Waals surface area contributed by atoms with E-state index in [0.717, 1.165) is 5.56 Å². The van der Waals surface area contributed by atoms with Crippen molar-refractivity contribution in [2.24, 2.45) is 0 Å². The van der Waals surface area contributed by atoms with Crippen LogP contribution in [0, 0.1) is 0 Å². The molecule has 8 nitrogen and oxygen atoms in total. The van der Waals surface area contributed by atoms with Crippen molar-refractivity contribution in [3.05, 3.63) is 89.9 Å². The van der Waals surface area contributed by atoms with Crippen LogP contribution in [0.25, 0.3) is 0 Å². The molecule has 3 aromatic rings. The molecule has 32 heavy (non-hydrogen) atoms. The normalized spacial score (nSPS) is 14.8. The fraction of sp³-hybridized carbons (Fsp3) is 0.217. The zero-order valence-corrected chi connectivity index (χ0v) is 18.1. The van der Waals surface area contributed by atoms with Gasteiger partial charge in [-0.2, -0.15) is 4.31 Å². The van der Waals surface area contributed by atoms with Crippen LogP contribution in [0.5, 0.6) is 0 Å². The topological polar surface area (TPSA) is 99.9 Å². The van der Waals surface area contributed by atoms with E-state index in [9.17, 15) is 18.0 Å². The molecule has 9 heteroatoms. The van der Waals surface area contributed by atoms with Crippen molar-refractivity contribution in [3.8, 4) is 0 Å². The number of nitrogens with one attached hydrogen (secondary N) is 1. The van der Waals surface area contributed by atoms with Crippen LogP contribution in [-0.2, 0) is 15.8 Å². The number of furan rings is 1. The van der Waals surface area contributed by atoms with E-state index in [2.05, 4.69) is 5.32 Å². The van der Waals surface area contributed by atoms with E-state index in [1.807, 2.05) is 18.2 Å². The van der Waals surface area contributed by atoms with E-state index >= 15 is 0 Å². The van der Waals surface area contributed by atoms with Crippen molar-refractivity contribution in [1.82, 2.24) is 9.21 Å². The molecule has 1 fully saturated rings. The molecule has 1 N–H and O–H groups in total. The number of carbonyl (C=O) groups is 2. The molecule has 0 radical (unpaired) electrons. The second-order valence-corrected chi connectivity index (χ2v) is 9.38. The Hall–Kier alpha value is -3.43. The van der Waals surface area contributed by atoms with Crippen LogP contribution in [0.3, 0.4) is 0 Å². The number of anilines is 1. The van der Waals surface area contributed by atoms with Crippen molar-refractivity contribution in [2.75, 3.05) is 31.5 Å². The van der Waals surface area contributed by atoms with Gasteiger partial charge in [0.05, 0.1) is 23.3 Å². The lowest BCUT2D eigenvalue weighted by Gasteiger charge is -2.34. The summed E-state index contributed by atoms with van der Waals surface area (Å²) in [5.41, 5.74) is 1.44. The molecule has 2 amide bonds. The zero-order valence-electron chi connectivity index (χ0n) is 17.3. The van der Waals surface area contributed by atoms with E-state index in [1.54, 1.807) is 47.4 Å². The molecule has 1 aliphatic heterocycles. The van der Waals surface area contributed by atoms with Crippen molar-refractivity contribution in [2.45, 2.75) is 5.75 Å². The minimum Gasteiger partial charge on any atom is -0.459 e. The van der Waals surface area contributed by atoms with Gasteiger partial charge in [0.25, 0.3) is 11.8 Å². The first-order valence-corrected chi connectivity index (χ1v) is 11.8. The summed E-state index contributed by atoms with van der Waals surface area (Å²) in [7, 11) is -3.47. The quantitative estimate of drug-likeness (QED) is 0.619. The molecular formula is C23H23N3O5S. The summed E-state index contributed by atoms with van der Waals surface area (Å²) in [5, 5.41) is 2.71.